The minimum Gasteiger partial charge on any atom is -0.246 e. The zero-order valence-corrected chi connectivity index (χ0v) is 9.16. The Balaban J connectivity index is 0.000000336. The Labute approximate surface area is 78.8 Å². The number of hydrogen-bond acceptors (Lipinski definition) is 2. The molecule has 0 saturated heterocycles. The van der Waals surface area contributed by atoms with Gasteiger partial charge in [0.2, 0.25) is 0 Å². The quantitative estimate of drug-likeness (QED) is 0.599. The Kier molecular flexibility index (Phi) is 3.27. The number of fused-ring (bicyclic) bond motifs is 1. The molecule has 0 N–H and O–H groups in total. The summed E-state index contributed by atoms with van der Waals surface area (Å²) in [6.45, 7) is 8.36. The van der Waals surface area contributed by atoms with Gasteiger partial charge in [-0.1, -0.05) is 20.8 Å². The maximum atomic E-state index is 4.49. The summed E-state index contributed by atoms with van der Waals surface area (Å²) in [7, 11) is 0. The van der Waals surface area contributed by atoms with E-state index < -0.39 is 0 Å². The highest BCUT2D eigenvalue weighted by atomic mass is 32.1. The molecule has 68 valence electrons. The van der Waals surface area contributed by atoms with E-state index in [0.29, 0.717) is 0 Å². The maximum absolute atomic E-state index is 4.49. The molecule has 1 aliphatic carbocycles. The van der Waals surface area contributed by atoms with E-state index in [-0.39, 0.29) is 0 Å². The lowest BCUT2D eigenvalue weighted by atomic mass is 10.1. The highest BCUT2D eigenvalue weighted by molar-refractivity contribution is 7.11. The van der Waals surface area contributed by atoms with E-state index >= 15 is 0 Å². The molecule has 2 rings (SSSR count). The Morgan fingerprint density at radius 2 is 2.08 bits per heavy atom. The summed E-state index contributed by atoms with van der Waals surface area (Å²) in [6, 6.07) is 0. The first-order valence-corrected chi connectivity index (χ1v) is 5.55. The van der Waals surface area contributed by atoms with E-state index in [1.807, 2.05) is 25.2 Å². The number of nitrogens with zero attached hydrogens (tertiary/aromatic N) is 1. The van der Waals surface area contributed by atoms with Gasteiger partial charge in [0.15, 0.2) is 0 Å². The van der Waals surface area contributed by atoms with Gasteiger partial charge in [-0.15, -0.1) is 11.3 Å². The molecule has 1 heterocycles. The molecule has 0 spiro atoms. The molecule has 0 radical (unpaired) electrons. The van der Waals surface area contributed by atoms with Gasteiger partial charge in [0.25, 0.3) is 0 Å². The Hall–Kier alpha value is -0.370. The van der Waals surface area contributed by atoms with Crippen molar-refractivity contribution in [1.82, 2.24) is 4.98 Å². The molecule has 1 nitrogen and oxygen atoms in total. The van der Waals surface area contributed by atoms with Crippen LogP contribution in [0.5, 0.6) is 0 Å². The second kappa shape index (κ2) is 4.04. The molecule has 1 atom stereocenters. The lowest BCUT2D eigenvalue weighted by molar-refractivity contribution is 0.729. The van der Waals surface area contributed by atoms with Gasteiger partial charge in [-0.05, 0) is 25.7 Å². The first-order chi connectivity index (χ1) is 5.77. The number of aromatic nitrogens is 1. The molecule has 0 bridgehead atoms. The van der Waals surface area contributed by atoms with Crippen LogP contribution < -0.4 is 0 Å². The minimum absolute atomic E-state index is 0.722. The van der Waals surface area contributed by atoms with Crippen LogP contribution in [0.15, 0.2) is 0 Å². The normalized spacial score (nSPS) is 19.8. The van der Waals surface area contributed by atoms with E-state index in [1.54, 1.807) is 0 Å². The number of hydrogen-bond donors (Lipinski definition) is 0. The zero-order valence-electron chi connectivity index (χ0n) is 8.35. The third-order valence-corrected chi connectivity index (χ3v) is 3.15. The van der Waals surface area contributed by atoms with Crippen LogP contribution in [-0.4, -0.2) is 4.98 Å². The van der Waals surface area contributed by atoms with Gasteiger partial charge in [-0.3, -0.25) is 0 Å². The van der Waals surface area contributed by atoms with Crippen LogP contribution in [0, 0.1) is 6.92 Å². The van der Waals surface area contributed by atoms with E-state index in [4.69, 9.17) is 0 Å². The van der Waals surface area contributed by atoms with E-state index in [9.17, 15) is 0 Å². The summed E-state index contributed by atoms with van der Waals surface area (Å²) in [5.74, 6) is 0.722. The Bertz CT molecular complexity index is 252. The molecule has 0 amide bonds. The van der Waals surface area contributed by atoms with Gasteiger partial charge >= 0.3 is 0 Å². The van der Waals surface area contributed by atoms with Crippen molar-refractivity contribution >= 4 is 11.3 Å². The van der Waals surface area contributed by atoms with Crippen molar-refractivity contribution in [1.29, 1.82) is 0 Å². The smallest absolute Gasteiger partial charge is 0.0900 e. The van der Waals surface area contributed by atoms with Crippen molar-refractivity contribution in [3.05, 3.63) is 15.6 Å². The van der Waals surface area contributed by atoms with Gasteiger partial charge in [0.05, 0.1) is 10.7 Å². The van der Waals surface area contributed by atoms with Crippen LogP contribution >= 0.6 is 11.3 Å². The topological polar surface area (TPSA) is 12.9 Å². The fourth-order valence-electron chi connectivity index (χ4n) is 1.53. The fourth-order valence-corrected chi connectivity index (χ4v) is 2.61. The monoisotopic (exact) mass is 183 g/mol. The fraction of sp³-hybridized carbons (Fsp3) is 0.700. The van der Waals surface area contributed by atoms with Crippen LogP contribution in [-0.2, 0) is 6.42 Å². The third-order valence-electron chi connectivity index (χ3n) is 2.11. The molecule has 1 aromatic heterocycles. The first kappa shape index (κ1) is 9.72. The average molecular weight is 183 g/mol. The van der Waals surface area contributed by atoms with Gasteiger partial charge < -0.3 is 0 Å². The number of rotatable bonds is 0. The molecule has 0 aliphatic heterocycles. The second-order valence-corrected chi connectivity index (χ2v) is 4.27. The Morgan fingerprint density at radius 3 is 2.67 bits per heavy atom. The Morgan fingerprint density at radius 1 is 1.42 bits per heavy atom. The van der Waals surface area contributed by atoms with Crippen LogP contribution in [0.1, 0.15) is 48.7 Å². The first-order valence-electron chi connectivity index (χ1n) is 4.73. The summed E-state index contributed by atoms with van der Waals surface area (Å²) in [6.07, 6.45) is 2.58. The summed E-state index contributed by atoms with van der Waals surface area (Å²) >= 11 is 1.87. The number of thiazole rings is 1. The van der Waals surface area contributed by atoms with Crippen molar-refractivity contribution in [3.8, 4) is 0 Å². The van der Waals surface area contributed by atoms with Crippen molar-refractivity contribution in [2.75, 3.05) is 0 Å². The lowest BCUT2D eigenvalue weighted by Gasteiger charge is -1.95. The van der Waals surface area contributed by atoms with E-state index in [1.165, 1.54) is 28.4 Å². The molecule has 12 heavy (non-hydrogen) atoms. The van der Waals surface area contributed by atoms with Gasteiger partial charge in [-0.25, -0.2) is 4.98 Å². The summed E-state index contributed by atoms with van der Waals surface area (Å²) in [4.78, 5) is 6.02. The molecule has 0 fully saturated rings. The van der Waals surface area contributed by atoms with Crippen LogP contribution in [0.3, 0.4) is 0 Å². The van der Waals surface area contributed by atoms with Crippen molar-refractivity contribution in [2.24, 2.45) is 0 Å². The van der Waals surface area contributed by atoms with Gasteiger partial charge in [0, 0.05) is 4.88 Å². The standard InChI is InChI=1S/C8H11NS.C2H6/c1-5-3-4-7-8(5)9-6(2)10-7;1-2/h5H,3-4H2,1-2H3;1-2H3. The third kappa shape index (κ3) is 1.69. The zero-order chi connectivity index (χ0) is 9.14. The average Bonchev–Trinajstić information content (AvgIpc) is 2.58. The predicted octanol–water partition coefficient (Wildman–Crippen LogP) is 3.53. The molecule has 0 saturated carbocycles. The van der Waals surface area contributed by atoms with Crippen LogP contribution in [0.25, 0.3) is 0 Å². The van der Waals surface area contributed by atoms with Gasteiger partial charge in [0.1, 0.15) is 0 Å². The molecule has 0 aromatic carbocycles. The summed E-state index contributed by atoms with van der Waals surface area (Å²) in [5, 5.41) is 1.23. The SMILES string of the molecule is CC.Cc1nc2c(s1)CCC2C. The highest BCUT2D eigenvalue weighted by Gasteiger charge is 2.21. The summed E-state index contributed by atoms with van der Waals surface area (Å²) < 4.78 is 0. The highest BCUT2D eigenvalue weighted by Crippen LogP contribution is 2.35. The molecular formula is C10H17NS. The van der Waals surface area contributed by atoms with Crippen LogP contribution in [0.4, 0.5) is 0 Å². The molecule has 1 unspecified atom stereocenters. The van der Waals surface area contributed by atoms with E-state index in [0.717, 1.165) is 5.92 Å². The minimum atomic E-state index is 0.722. The molecule has 1 aliphatic rings. The lowest BCUT2D eigenvalue weighted by Crippen LogP contribution is -1.86. The van der Waals surface area contributed by atoms with Crippen molar-refractivity contribution in [3.63, 3.8) is 0 Å². The predicted molar refractivity (Wildman–Crippen MR) is 54.9 cm³/mol. The maximum Gasteiger partial charge on any atom is 0.0900 e. The number of aryl methyl sites for hydroxylation is 2. The van der Waals surface area contributed by atoms with Gasteiger partial charge in [-0.2, -0.15) is 0 Å². The van der Waals surface area contributed by atoms with Crippen molar-refractivity contribution in [2.45, 2.75) is 46.5 Å². The largest absolute Gasteiger partial charge is 0.246 e. The van der Waals surface area contributed by atoms with Crippen molar-refractivity contribution < 1.29 is 0 Å². The van der Waals surface area contributed by atoms with Crippen LogP contribution in [0.2, 0.25) is 0 Å². The molecule has 2 heteroatoms. The summed E-state index contributed by atoms with van der Waals surface area (Å²) in [5.41, 5.74) is 1.38. The van der Waals surface area contributed by atoms with E-state index in [2.05, 4.69) is 18.8 Å². The second-order valence-electron chi connectivity index (χ2n) is 2.98. The molecule has 1 aromatic rings. The molecular weight excluding hydrogens is 166 g/mol.